The van der Waals surface area contributed by atoms with Crippen LogP contribution < -0.4 is 39.4 Å². The number of aliphatic hydroxyl groups is 1. The van der Waals surface area contributed by atoms with Gasteiger partial charge in [0.05, 0.1) is 24.6 Å². The largest absolute Gasteiger partial charge is 1.00 e. The van der Waals surface area contributed by atoms with E-state index in [1.54, 1.807) is 24.5 Å². The van der Waals surface area contributed by atoms with Crippen LogP contribution in [0.15, 0.2) is 60.9 Å². The molecule has 4 fully saturated rings. The van der Waals surface area contributed by atoms with Gasteiger partial charge in [-0.15, -0.1) is 0 Å². The first-order chi connectivity index (χ1) is 40.8. The van der Waals surface area contributed by atoms with E-state index in [-0.39, 0.29) is 57.1 Å². The molecule has 0 aliphatic heterocycles. The van der Waals surface area contributed by atoms with Crippen LogP contribution in [0.2, 0.25) is 103 Å². The van der Waals surface area contributed by atoms with Crippen LogP contribution in [0.1, 0.15) is 105 Å². The predicted octanol–water partition coefficient (Wildman–Crippen LogP) is 12.6. The van der Waals surface area contributed by atoms with Gasteiger partial charge in [-0.3, -0.25) is 4.79 Å². The Labute approximate surface area is 553 Å². The minimum atomic E-state index is -1.24. The number of hydrogen-bond donors (Lipinski definition) is 1. The van der Waals surface area contributed by atoms with Gasteiger partial charge in [0, 0.05) is 119 Å². The Balaban J connectivity index is 0.000000274. The van der Waals surface area contributed by atoms with Crippen LogP contribution in [-0.2, 0) is 25.6 Å². The number of benzene rings is 2. The van der Waals surface area contributed by atoms with Crippen molar-refractivity contribution in [1.29, 1.82) is 0 Å². The summed E-state index contributed by atoms with van der Waals surface area (Å²) in [6, 6.07) is 18.4. The van der Waals surface area contributed by atoms with Crippen molar-refractivity contribution < 1.29 is 68.6 Å². The number of hydrogen-bond acceptors (Lipinski definition) is 12. The summed E-state index contributed by atoms with van der Waals surface area (Å²) < 4.78 is 58.4. The Hall–Kier alpha value is -3.46. The van der Waals surface area contributed by atoms with Gasteiger partial charge in [0.15, 0.2) is 17.6 Å². The number of aldehydes is 1. The number of halogens is 2. The van der Waals surface area contributed by atoms with E-state index in [4.69, 9.17) is 39.1 Å². The molecule has 0 spiro atoms. The smallest absolute Gasteiger partial charge is 1.00 e. The number of aliphatic hydroxyl groups excluding tert-OH is 1. The number of fused-ring (bicyclic) bond motifs is 6. The van der Waals surface area contributed by atoms with Crippen LogP contribution in [0.5, 0.6) is 0 Å². The quantitative estimate of drug-likeness (QED) is 0.0216. The second-order valence-corrected chi connectivity index (χ2v) is 52.9. The molecule has 4 aliphatic rings. The number of nitrogens with zero attached hydrogens (tertiary/aromatic N) is 8. The van der Waals surface area contributed by atoms with E-state index in [1.165, 1.54) is 69.6 Å². The van der Waals surface area contributed by atoms with Gasteiger partial charge in [-0.2, -0.15) is 19.2 Å². The van der Waals surface area contributed by atoms with Gasteiger partial charge in [0.2, 0.25) is 0 Å². The molecule has 6 aromatic rings. The van der Waals surface area contributed by atoms with E-state index in [2.05, 4.69) is 100 Å². The molecule has 4 aliphatic carbocycles. The fourth-order valence-corrected chi connectivity index (χ4v) is 15.9. The van der Waals surface area contributed by atoms with E-state index < -0.39 is 43.9 Å². The summed E-state index contributed by atoms with van der Waals surface area (Å²) in [7, 11) is -4.94. The second kappa shape index (κ2) is 31.4. The first kappa shape index (κ1) is 72.0. The first-order valence-corrected chi connectivity index (χ1v) is 46.9. The molecule has 0 saturated heterocycles. The second-order valence-electron chi connectivity index (χ2n) is 30.4. The molecule has 475 valence electrons. The number of rotatable bonds is 28. The van der Waals surface area contributed by atoms with Gasteiger partial charge in [0.25, 0.3) is 0 Å². The maximum absolute atomic E-state index is 14.8. The maximum Gasteiger partial charge on any atom is 1.00 e. The fraction of sp³-hybridized carbons (Fsp3) is 0.621. The third-order valence-electron chi connectivity index (χ3n) is 18.1. The van der Waals surface area contributed by atoms with Gasteiger partial charge in [0.1, 0.15) is 50.2 Å². The van der Waals surface area contributed by atoms with Crippen LogP contribution in [0, 0.1) is 35.3 Å². The zero-order valence-electron chi connectivity index (χ0n) is 56.5. The van der Waals surface area contributed by atoms with Crippen molar-refractivity contribution in [3.05, 3.63) is 95.1 Å². The van der Waals surface area contributed by atoms with Gasteiger partial charge < -0.3 is 35.3 Å². The standard InChI is InChI=1S/C33H51FN4O3Si2.C33H49FN4O3Si2.B.Na.H/c2*1-42(2,3)13-11-40-22-37(23-41-12-14-43(4,5)6)32-19-31(28-16-24-7-8-25(15-24)17-28)36-33-29(20-35-38(32)33)26-9-10-27(21-39)30(34)18-26;;;/h9-10,18-20,24-25,28,39H,7-8,11-17,21-23H2,1-6H3;9-10,18-21,24-25,28H,7-8,11-17,22-23H2,1-6H3;;;/q;;;+1;-1/t2*24-,25+,28?;;;. The summed E-state index contributed by atoms with van der Waals surface area (Å²) in [5, 5.41) is 19.1. The summed E-state index contributed by atoms with van der Waals surface area (Å²) in [5.74, 6) is 4.70. The monoisotopic (exact) mass is 1290 g/mol. The van der Waals surface area contributed by atoms with Gasteiger partial charge in [-0.25, -0.2) is 18.7 Å². The first-order valence-electron chi connectivity index (χ1n) is 32.0. The van der Waals surface area contributed by atoms with Gasteiger partial charge >= 0.3 is 29.6 Å². The molecule has 2 unspecified atom stereocenters. The summed E-state index contributed by atoms with van der Waals surface area (Å²) in [4.78, 5) is 26.0. The fourth-order valence-electron chi connectivity index (χ4n) is 12.9. The molecular weight excluding hydrogens is 1180 g/mol. The third-order valence-corrected chi connectivity index (χ3v) is 25.0. The van der Waals surface area contributed by atoms with E-state index >= 15 is 0 Å². The van der Waals surface area contributed by atoms with Crippen molar-refractivity contribution in [2.45, 2.75) is 185 Å². The molecule has 4 saturated carbocycles. The molecule has 4 heterocycles. The van der Waals surface area contributed by atoms with Gasteiger partial charge in [-0.05, 0) is 116 Å². The van der Waals surface area contributed by atoms with Crippen molar-refractivity contribution in [1.82, 2.24) is 29.2 Å². The number of ether oxygens (including phenoxy) is 4. The molecule has 22 heteroatoms. The molecule has 1 N–H and O–H groups in total. The number of carbonyl (C=O) groups excluding carboxylic acids is 1. The summed E-state index contributed by atoms with van der Waals surface area (Å²) in [6.45, 7) is 32.5. The minimum absolute atomic E-state index is 0. The van der Waals surface area contributed by atoms with Crippen molar-refractivity contribution in [3.63, 3.8) is 0 Å². The molecule has 4 aromatic heterocycles. The summed E-state index contributed by atoms with van der Waals surface area (Å²) in [6.07, 6.45) is 16.7. The minimum Gasteiger partial charge on any atom is -1.00 e. The van der Waals surface area contributed by atoms with Crippen LogP contribution in [0.3, 0.4) is 0 Å². The van der Waals surface area contributed by atoms with E-state index in [1.807, 2.05) is 15.1 Å². The Morgan fingerprint density at radius 1 is 0.545 bits per heavy atom. The topological polar surface area (TPSA) is 141 Å². The van der Waals surface area contributed by atoms with E-state index in [9.17, 15) is 18.7 Å². The molecule has 10 rings (SSSR count). The molecule has 6 atom stereocenters. The molecule has 14 nitrogen and oxygen atoms in total. The average molecular weight is 1290 g/mol. The Kier molecular flexibility index (Phi) is 25.7. The molecule has 0 amide bonds. The summed E-state index contributed by atoms with van der Waals surface area (Å²) in [5.41, 5.74) is 6.78. The van der Waals surface area contributed by atoms with Crippen LogP contribution >= 0.6 is 0 Å². The van der Waals surface area contributed by atoms with Crippen molar-refractivity contribution in [2.75, 3.05) is 63.2 Å². The summed E-state index contributed by atoms with van der Waals surface area (Å²) >= 11 is 0. The maximum atomic E-state index is 14.8. The number of anilines is 2. The van der Waals surface area contributed by atoms with Crippen molar-refractivity contribution in [2.24, 2.45) is 23.7 Å². The number of aromatic nitrogens is 6. The van der Waals surface area contributed by atoms with Crippen LogP contribution in [0.25, 0.3) is 33.5 Å². The zero-order valence-corrected chi connectivity index (χ0v) is 61.5. The predicted molar refractivity (Wildman–Crippen MR) is 361 cm³/mol. The van der Waals surface area contributed by atoms with Crippen LogP contribution in [-0.4, -0.2) is 135 Å². The average Bonchev–Trinajstić information content (AvgIpc) is 1.84. The SMILES string of the molecule is C[Si](C)(C)CCOCN(COCC[Si](C)(C)C)c1cc(C2C[C@H]3CC[C@@H](C2)C3)nc2c(-c3ccc(C=O)c(F)c3)cnn12.C[Si](C)(C)CCOCN(COCC[Si](C)(C)C)c1cc(C2C[C@H]3CC[C@@H](C2)C3)nc2c(-c3ccc(CO)c(F)c3)cnn12.[B].[H-].[Na+]. The van der Waals surface area contributed by atoms with E-state index in [0.717, 1.165) is 114 Å². The van der Waals surface area contributed by atoms with Gasteiger partial charge in [-0.1, -0.05) is 122 Å². The normalized spacial score (nSPS) is 20.2. The molecule has 88 heavy (non-hydrogen) atoms. The van der Waals surface area contributed by atoms with E-state index in [0.29, 0.717) is 75.0 Å². The number of carbonyl (C=O) groups is 1. The molecule has 4 bridgehead atoms. The zero-order chi connectivity index (χ0) is 61.6. The molecule has 2 aromatic carbocycles. The van der Waals surface area contributed by atoms with Crippen molar-refractivity contribution in [3.8, 4) is 22.3 Å². The van der Waals surface area contributed by atoms with Crippen LogP contribution in [0.4, 0.5) is 20.4 Å². The Morgan fingerprint density at radius 3 is 1.22 bits per heavy atom. The molecule has 3 radical (unpaired) electrons. The van der Waals surface area contributed by atoms with Crippen molar-refractivity contribution >= 4 is 69.9 Å². The molecular formula is C66H101BF2N8NaO6Si4. The Morgan fingerprint density at radius 2 is 0.898 bits per heavy atom. The third kappa shape index (κ3) is 19.8. The Bertz CT molecular complexity index is 3180.